The van der Waals surface area contributed by atoms with E-state index in [0.717, 1.165) is 29.1 Å². The summed E-state index contributed by atoms with van der Waals surface area (Å²) in [5, 5.41) is 2.86. The number of carbonyl (C=O) groups is 1. The van der Waals surface area contributed by atoms with Gasteiger partial charge in [0.05, 0.1) is 29.6 Å². The largest absolute Gasteiger partial charge is 0.497 e. The first-order chi connectivity index (χ1) is 15.2. The standard InChI is InChI=1S/C24H20N4O3/c1-30-15-6-8-16(9-7-15)31-22-5-3-2-4-17(22)23-25-12-11-20(28-23)21-14-18-19(27-21)10-13-26-24(18)29/h2-9,11-12,14,27H,10,13H2,1H3,(H,26,29). The fraction of sp³-hybridized carbons (Fsp3) is 0.125. The average molecular weight is 412 g/mol. The van der Waals surface area contributed by atoms with Crippen molar-refractivity contribution < 1.29 is 14.3 Å². The molecule has 31 heavy (non-hydrogen) atoms. The van der Waals surface area contributed by atoms with Gasteiger partial charge in [-0.1, -0.05) is 12.1 Å². The average Bonchev–Trinajstić information content (AvgIpc) is 3.26. The highest BCUT2D eigenvalue weighted by Crippen LogP contribution is 2.33. The van der Waals surface area contributed by atoms with Crippen molar-refractivity contribution in [3.63, 3.8) is 0 Å². The maximum absolute atomic E-state index is 12.1. The number of fused-ring (bicyclic) bond motifs is 1. The van der Waals surface area contributed by atoms with Crippen LogP contribution in [0, 0.1) is 0 Å². The molecule has 1 aliphatic heterocycles. The number of ether oxygens (including phenoxy) is 2. The van der Waals surface area contributed by atoms with Crippen LogP contribution in [-0.4, -0.2) is 34.5 Å². The van der Waals surface area contributed by atoms with Crippen molar-refractivity contribution in [2.45, 2.75) is 6.42 Å². The highest BCUT2D eigenvalue weighted by Gasteiger charge is 2.21. The van der Waals surface area contributed by atoms with Crippen LogP contribution < -0.4 is 14.8 Å². The molecule has 2 aromatic carbocycles. The number of hydrogen-bond acceptors (Lipinski definition) is 5. The summed E-state index contributed by atoms with van der Waals surface area (Å²) in [5.41, 5.74) is 3.88. The molecule has 0 aliphatic carbocycles. The Morgan fingerprint density at radius 3 is 2.58 bits per heavy atom. The normalized spacial score (nSPS) is 12.7. The molecule has 0 radical (unpaired) electrons. The van der Waals surface area contributed by atoms with Crippen LogP contribution in [-0.2, 0) is 6.42 Å². The zero-order valence-corrected chi connectivity index (χ0v) is 16.9. The second kappa shape index (κ2) is 7.95. The number of rotatable bonds is 5. The summed E-state index contributed by atoms with van der Waals surface area (Å²) >= 11 is 0. The van der Waals surface area contributed by atoms with E-state index in [1.807, 2.05) is 60.7 Å². The molecule has 0 fully saturated rings. The molecule has 0 unspecified atom stereocenters. The quantitative estimate of drug-likeness (QED) is 0.512. The molecule has 0 atom stereocenters. The molecule has 0 bridgehead atoms. The van der Waals surface area contributed by atoms with Gasteiger partial charge < -0.3 is 19.8 Å². The Labute approximate surface area is 179 Å². The molecule has 3 heterocycles. The van der Waals surface area contributed by atoms with E-state index in [2.05, 4.69) is 15.3 Å². The first-order valence-corrected chi connectivity index (χ1v) is 9.96. The Bertz CT molecular complexity index is 1250. The Morgan fingerprint density at radius 2 is 1.77 bits per heavy atom. The predicted octanol–water partition coefficient (Wildman–Crippen LogP) is 4.23. The number of methoxy groups -OCH3 is 1. The molecule has 0 saturated carbocycles. The number of aromatic nitrogens is 3. The molecule has 7 heteroatoms. The number of H-pyrrole nitrogens is 1. The third-order valence-electron chi connectivity index (χ3n) is 5.15. The number of benzene rings is 2. The van der Waals surface area contributed by atoms with Gasteiger partial charge in [0.25, 0.3) is 5.91 Å². The second-order valence-electron chi connectivity index (χ2n) is 7.12. The summed E-state index contributed by atoms with van der Waals surface area (Å²) in [6, 6.07) is 18.7. The van der Waals surface area contributed by atoms with Crippen LogP contribution in [0.25, 0.3) is 22.8 Å². The van der Waals surface area contributed by atoms with Gasteiger partial charge in [-0.25, -0.2) is 9.97 Å². The fourth-order valence-electron chi connectivity index (χ4n) is 3.58. The summed E-state index contributed by atoms with van der Waals surface area (Å²) in [7, 11) is 1.63. The van der Waals surface area contributed by atoms with Gasteiger partial charge in [-0.15, -0.1) is 0 Å². The highest BCUT2D eigenvalue weighted by atomic mass is 16.5. The molecule has 0 saturated heterocycles. The van der Waals surface area contributed by atoms with E-state index >= 15 is 0 Å². The third-order valence-corrected chi connectivity index (χ3v) is 5.15. The highest BCUT2D eigenvalue weighted by molar-refractivity contribution is 5.97. The monoisotopic (exact) mass is 412 g/mol. The van der Waals surface area contributed by atoms with Gasteiger partial charge in [-0.05, 0) is 48.5 Å². The van der Waals surface area contributed by atoms with Crippen LogP contribution in [0.4, 0.5) is 0 Å². The molecule has 1 aliphatic rings. The molecular formula is C24H20N4O3. The predicted molar refractivity (Wildman–Crippen MR) is 116 cm³/mol. The van der Waals surface area contributed by atoms with Gasteiger partial charge in [0.2, 0.25) is 0 Å². The van der Waals surface area contributed by atoms with Gasteiger partial charge in [-0.2, -0.15) is 0 Å². The molecule has 7 nitrogen and oxygen atoms in total. The minimum Gasteiger partial charge on any atom is -0.497 e. The first-order valence-electron chi connectivity index (χ1n) is 9.96. The summed E-state index contributed by atoms with van der Waals surface area (Å²) in [5.74, 6) is 2.58. The topological polar surface area (TPSA) is 89.1 Å². The smallest absolute Gasteiger partial charge is 0.253 e. The Hall–Kier alpha value is -4.13. The van der Waals surface area contributed by atoms with Crippen molar-refractivity contribution in [1.82, 2.24) is 20.3 Å². The van der Waals surface area contributed by atoms with Crippen LogP contribution in [0.2, 0.25) is 0 Å². The van der Waals surface area contributed by atoms with Crippen LogP contribution in [0.1, 0.15) is 16.1 Å². The molecule has 154 valence electrons. The van der Waals surface area contributed by atoms with Crippen molar-refractivity contribution >= 4 is 5.91 Å². The number of para-hydroxylation sites is 1. The lowest BCUT2D eigenvalue weighted by Gasteiger charge is -2.11. The van der Waals surface area contributed by atoms with E-state index in [0.29, 0.717) is 35.1 Å². The molecule has 4 aromatic rings. The number of amides is 1. The minimum absolute atomic E-state index is 0.0590. The number of nitrogens with zero attached hydrogens (tertiary/aromatic N) is 2. The Morgan fingerprint density at radius 1 is 0.968 bits per heavy atom. The molecule has 1 amide bonds. The summed E-state index contributed by atoms with van der Waals surface area (Å²) < 4.78 is 11.3. The van der Waals surface area contributed by atoms with Gasteiger partial charge >= 0.3 is 0 Å². The fourth-order valence-corrected chi connectivity index (χ4v) is 3.58. The Balaban J connectivity index is 1.48. The lowest BCUT2D eigenvalue weighted by molar-refractivity contribution is 0.0946. The van der Waals surface area contributed by atoms with Crippen molar-refractivity contribution in [3.05, 3.63) is 78.1 Å². The van der Waals surface area contributed by atoms with Gasteiger partial charge in [0.15, 0.2) is 5.82 Å². The number of aromatic amines is 1. The number of nitrogens with one attached hydrogen (secondary N) is 2. The second-order valence-corrected chi connectivity index (χ2v) is 7.12. The van der Waals surface area contributed by atoms with E-state index in [4.69, 9.17) is 14.5 Å². The van der Waals surface area contributed by atoms with Gasteiger partial charge in [-0.3, -0.25) is 4.79 Å². The van der Waals surface area contributed by atoms with E-state index in [-0.39, 0.29) is 5.91 Å². The third kappa shape index (κ3) is 3.73. The Kier molecular flexibility index (Phi) is 4.84. The van der Waals surface area contributed by atoms with E-state index < -0.39 is 0 Å². The maximum Gasteiger partial charge on any atom is 0.253 e. The van der Waals surface area contributed by atoms with Crippen LogP contribution in [0.5, 0.6) is 17.2 Å². The van der Waals surface area contributed by atoms with Crippen molar-refractivity contribution in [2.24, 2.45) is 0 Å². The minimum atomic E-state index is -0.0590. The van der Waals surface area contributed by atoms with E-state index in [1.54, 1.807) is 13.3 Å². The van der Waals surface area contributed by atoms with Crippen LogP contribution in [0.15, 0.2) is 66.9 Å². The van der Waals surface area contributed by atoms with Crippen molar-refractivity contribution in [1.29, 1.82) is 0 Å². The summed E-state index contributed by atoms with van der Waals surface area (Å²) in [6.07, 6.45) is 2.49. The zero-order valence-electron chi connectivity index (χ0n) is 16.9. The van der Waals surface area contributed by atoms with Gasteiger partial charge in [0, 0.05) is 24.9 Å². The van der Waals surface area contributed by atoms with Crippen molar-refractivity contribution in [2.75, 3.05) is 13.7 Å². The summed E-state index contributed by atoms with van der Waals surface area (Å²) in [6.45, 7) is 0.636. The van der Waals surface area contributed by atoms with E-state index in [1.165, 1.54) is 0 Å². The lowest BCUT2D eigenvalue weighted by atomic mass is 10.1. The van der Waals surface area contributed by atoms with Crippen LogP contribution >= 0.6 is 0 Å². The molecule has 0 spiro atoms. The lowest BCUT2D eigenvalue weighted by Crippen LogP contribution is -2.31. The maximum atomic E-state index is 12.1. The van der Waals surface area contributed by atoms with E-state index in [9.17, 15) is 4.79 Å². The summed E-state index contributed by atoms with van der Waals surface area (Å²) in [4.78, 5) is 24.6. The number of carbonyl (C=O) groups excluding carboxylic acids is 1. The molecule has 2 aromatic heterocycles. The number of hydrogen-bond donors (Lipinski definition) is 2. The van der Waals surface area contributed by atoms with Crippen LogP contribution in [0.3, 0.4) is 0 Å². The molecule has 2 N–H and O–H groups in total. The molecule has 5 rings (SSSR count). The van der Waals surface area contributed by atoms with Crippen molar-refractivity contribution in [3.8, 4) is 40.0 Å². The SMILES string of the molecule is COc1ccc(Oc2ccccc2-c2nccc(-c3cc4c([nH]3)CCNC4=O)n2)cc1. The molecular weight excluding hydrogens is 392 g/mol. The van der Waals surface area contributed by atoms with Gasteiger partial charge in [0.1, 0.15) is 17.2 Å². The zero-order chi connectivity index (χ0) is 21.2. The first kappa shape index (κ1) is 18.9.